The molecule has 6 nitrogen and oxygen atoms in total. The summed E-state index contributed by atoms with van der Waals surface area (Å²) in [5, 5.41) is 3.95. The van der Waals surface area contributed by atoms with E-state index in [0.29, 0.717) is 23.8 Å². The Bertz CT molecular complexity index is 723. The van der Waals surface area contributed by atoms with Gasteiger partial charge in [0.2, 0.25) is 0 Å². The molecule has 22 heavy (non-hydrogen) atoms. The Hall–Kier alpha value is -2.47. The predicted octanol–water partition coefficient (Wildman–Crippen LogP) is 2.03. The zero-order valence-electron chi connectivity index (χ0n) is 12.0. The molecule has 0 saturated heterocycles. The van der Waals surface area contributed by atoms with Gasteiger partial charge in [0.05, 0.1) is 6.54 Å². The molecule has 2 aromatic heterocycles. The number of carbonyl (C=O) groups is 1. The van der Waals surface area contributed by atoms with Crippen molar-refractivity contribution in [2.45, 2.75) is 13.5 Å². The average Bonchev–Trinajstić information content (AvgIpc) is 2.52. The Morgan fingerprint density at radius 3 is 3.00 bits per heavy atom. The molecule has 0 aliphatic heterocycles. The average molecular weight is 319 g/mol. The van der Waals surface area contributed by atoms with E-state index < -0.39 is 5.91 Å². The van der Waals surface area contributed by atoms with Gasteiger partial charge in [0.25, 0.3) is 5.91 Å². The van der Waals surface area contributed by atoms with Crippen LogP contribution in [0.2, 0.25) is 5.15 Å². The molecule has 0 aromatic carbocycles. The van der Waals surface area contributed by atoms with Gasteiger partial charge >= 0.3 is 0 Å². The lowest BCUT2D eigenvalue weighted by Crippen LogP contribution is -2.22. The number of carbonyl (C=O) groups excluding carboxylic acids is 1. The van der Waals surface area contributed by atoms with E-state index in [1.54, 1.807) is 25.3 Å². The first kappa shape index (κ1) is 15.9. The molecule has 1 amide bonds. The van der Waals surface area contributed by atoms with Gasteiger partial charge in [-0.05, 0) is 30.7 Å². The van der Waals surface area contributed by atoms with E-state index >= 15 is 0 Å². The second-order valence-corrected chi connectivity index (χ2v) is 4.67. The van der Waals surface area contributed by atoms with Crippen LogP contribution in [0.5, 0.6) is 0 Å². The fraction of sp³-hybridized carbons (Fsp3) is 0.200. The maximum atomic E-state index is 11.7. The van der Waals surface area contributed by atoms with E-state index in [-0.39, 0.29) is 0 Å². The fourth-order valence-electron chi connectivity index (χ4n) is 1.70. The molecule has 0 radical (unpaired) electrons. The molecule has 0 N–H and O–H groups in total. The van der Waals surface area contributed by atoms with Crippen molar-refractivity contribution in [3.63, 3.8) is 0 Å². The second-order valence-electron chi connectivity index (χ2n) is 4.28. The summed E-state index contributed by atoms with van der Waals surface area (Å²) in [7, 11) is 0. The van der Waals surface area contributed by atoms with Gasteiger partial charge in [-0.1, -0.05) is 28.9 Å². The number of halogens is 1. The summed E-state index contributed by atoms with van der Waals surface area (Å²) in [6.45, 7) is 2.71. The molecule has 2 rings (SSSR count). The van der Waals surface area contributed by atoms with Crippen LogP contribution in [0.25, 0.3) is 0 Å². The summed E-state index contributed by atoms with van der Waals surface area (Å²) in [5.41, 5.74) is 1.47. The van der Waals surface area contributed by atoms with Crippen LogP contribution in [-0.4, -0.2) is 28.3 Å². The van der Waals surface area contributed by atoms with E-state index in [2.05, 4.69) is 15.1 Å². The summed E-state index contributed by atoms with van der Waals surface area (Å²) in [6.07, 6.45) is 4.57. The first-order chi connectivity index (χ1) is 10.7. The number of hydrogen-bond acceptors (Lipinski definition) is 4. The highest BCUT2D eigenvalue weighted by molar-refractivity contribution is 6.29. The van der Waals surface area contributed by atoms with E-state index in [0.717, 1.165) is 11.8 Å². The van der Waals surface area contributed by atoms with E-state index in [1.165, 1.54) is 0 Å². The lowest BCUT2D eigenvalue weighted by Gasteiger charge is -2.06. The third kappa shape index (κ3) is 4.82. The maximum Gasteiger partial charge on any atom is 0.293 e. The van der Waals surface area contributed by atoms with Crippen molar-refractivity contribution < 1.29 is 9.63 Å². The quantitative estimate of drug-likeness (QED) is 0.481. The molecule has 0 spiro atoms. The van der Waals surface area contributed by atoms with Gasteiger partial charge in [0, 0.05) is 12.4 Å². The van der Waals surface area contributed by atoms with Crippen molar-refractivity contribution in [1.29, 1.82) is 0 Å². The Labute approximate surface area is 132 Å². The number of rotatable bonds is 5. The highest BCUT2D eigenvalue weighted by Crippen LogP contribution is 2.05. The Kier molecular flexibility index (Phi) is 5.85. The second kappa shape index (κ2) is 8.09. The van der Waals surface area contributed by atoms with Crippen LogP contribution in [-0.2, 0) is 16.2 Å². The minimum Gasteiger partial charge on any atom is -0.396 e. The number of pyridine rings is 2. The van der Waals surface area contributed by atoms with Gasteiger partial charge in [-0.25, -0.2) is 4.98 Å². The third-order valence-electron chi connectivity index (χ3n) is 2.65. The van der Waals surface area contributed by atoms with E-state index in [9.17, 15) is 4.79 Å². The number of hydrogen-bond donors (Lipinski definition) is 0. The van der Waals surface area contributed by atoms with Gasteiger partial charge < -0.3 is 9.40 Å². The number of nitrogens with zero attached hydrogens (tertiary/aromatic N) is 4. The Balaban J connectivity index is 2.22. The lowest BCUT2D eigenvalue weighted by atomic mass is 10.3. The van der Waals surface area contributed by atoms with Gasteiger partial charge in [-0.15, -0.1) is 0 Å². The van der Waals surface area contributed by atoms with Gasteiger partial charge in [-0.3, -0.25) is 4.79 Å². The maximum absolute atomic E-state index is 11.7. The molecule has 2 heterocycles. The summed E-state index contributed by atoms with van der Waals surface area (Å²) >= 11 is 5.77. The van der Waals surface area contributed by atoms with Crippen molar-refractivity contribution in [1.82, 2.24) is 9.55 Å². The van der Waals surface area contributed by atoms with Crippen molar-refractivity contribution in [2.75, 3.05) is 6.61 Å². The SMILES string of the molecule is CCO/N=C/C(=O)N=c1ccccn1Cc1ccc(Cl)nc1. The smallest absolute Gasteiger partial charge is 0.293 e. The van der Waals surface area contributed by atoms with Crippen LogP contribution in [0.4, 0.5) is 0 Å². The van der Waals surface area contributed by atoms with Crippen molar-refractivity contribution in [2.24, 2.45) is 10.1 Å². The van der Waals surface area contributed by atoms with Crippen LogP contribution in [0.3, 0.4) is 0 Å². The first-order valence-electron chi connectivity index (χ1n) is 6.69. The summed E-state index contributed by atoms with van der Waals surface area (Å²) in [6, 6.07) is 9.01. The van der Waals surface area contributed by atoms with Gasteiger partial charge in [0.1, 0.15) is 23.5 Å². The zero-order chi connectivity index (χ0) is 15.8. The summed E-state index contributed by atoms with van der Waals surface area (Å²) in [4.78, 5) is 24.5. The Morgan fingerprint density at radius 1 is 1.41 bits per heavy atom. The lowest BCUT2D eigenvalue weighted by molar-refractivity contribution is -0.111. The van der Waals surface area contributed by atoms with Crippen molar-refractivity contribution in [3.05, 3.63) is 58.9 Å². The van der Waals surface area contributed by atoms with Gasteiger partial charge in [0.15, 0.2) is 0 Å². The van der Waals surface area contributed by atoms with Crippen molar-refractivity contribution >= 4 is 23.7 Å². The molecular formula is C15H15ClN4O2. The van der Waals surface area contributed by atoms with Crippen LogP contribution in [0.15, 0.2) is 52.9 Å². The third-order valence-corrected chi connectivity index (χ3v) is 2.87. The van der Waals surface area contributed by atoms with Crippen molar-refractivity contribution in [3.8, 4) is 0 Å². The molecule has 0 bridgehead atoms. The minimum atomic E-state index is -0.484. The number of oxime groups is 1. The van der Waals surface area contributed by atoms with Crippen LogP contribution in [0, 0.1) is 0 Å². The first-order valence-corrected chi connectivity index (χ1v) is 7.06. The zero-order valence-corrected chi connectivity index (χ0v) is 12.8. The molecule has 0 aliphatic rings. The van der Waals surface area contributed by atoms with Crippen LogP contribution < -0.4 is 5.49 Å². The summed E-state index contributed by atoms with van der Waals surface area (Å²) in [5.74, 6) is -0.484. The topological polar surface area (TPSA) is 68.8 Å². The summed E-state index contributed by atoms with van der Waals surface area (Å²) < 4.78 is 1.83. The monoisotopic (exact) mass is 318 g/mol. The molecular weight excluding hydrogens is 304 g/mol. The molecule has 0 fully saturated rings. The molecule has 0 saturated carbocycles. The highest BCUT2D eigenvalue weighted by Gasteiger charge is 1.99. The number of amides is 1. The van der Waals surface area contributed by atoms with Gasteiger partial charge in [-0.2, -0.15) is 4.99 Å². The molecule has 114 valence electrons. The Morgan fingerprint density at radius 2 is 2.27 bits per heavy atom. The van der Waals surface area contributed by atoms with E-state index in [1.807, 2.05) is 29.0 Å². The highest BCUT2D eigenvalue weighted by atomic mass is 35.5. The predicted molar refractivity (Wildman–Crippen MR) is 83.5 cm³/mol. The van der Waals surface area contributed by atoms with Crippen LogP contribution >= 0.6 is 11.6 Å². The molecule has 0 atom stereocenters. The molecule has 2 aromatic rings. The number of aromatic nitrogens is 2. The largest absolute Gasteiger partial charge is 0.396 e. The fourth-order valence-corrected chi connectivity index (χ4v) is 1.81. The standard InChI is InChI=1S/C15H15ClN4O2/c1-2-22-18-10-15(21)19-14-5-3-4-8-20(14)11-12-6-7-13(16)17-9-12/h3-10H,2,11H2,1H3/b18-10+,19-14?. The molecule has 7 heteroatoms. The van der Waals surface area contributed by atoms with Crippen LogP contribution in [0.1, 0.15) is 12.5 Å². The molecule has 0 aliphatic carbocycles. The molecule has 0 unspecified atom stereocenters. The van der Waals surface area contributed by atoms with E-state index in [4.69, 9.17) is 16.4 Å². The minimum absolute atomic E-state index is 0.401. The normalized spacial score (nSPS) is 11.8.